The number of carbonyl (C=O) groups is 2. The third-order valence-corrected chi connectivity index (χ3v) is 4.72. The fraction of sp³-hybridized carbons (Fsp3) is 0.556. The minimum Gasteiger partial charge on any atom is -0.349 e. The van der Waals surface area contributed by atoms with E-state index < -0.39 is 0 Å². The molecule has 3 N–H and O–H groups in total. The molecule has 1 aromatic carbocycles. The molecular weight excluding hydrogens is 326 g/mol. The molecule has 134 valence electrons. The van der Waals surface area contributed by atoms with Crippen LogP contribution in [0.1, 0.15) is 53.8 Å². The monoisotopic (exact) mass is 353 g/mol. The Labute approximate surface area is 150 Å². The Morgan fingerprint density at radius 2 is 1.71 bits per heavy atom. The van der Waals surface area contributed by atoms with Gasteiger partial charge in [-0.15, -0.1) is 12.4 Å². The summed E-state index contributed by atoms with van der Waals surface area (Å²) in [5.41, 5.74) is 6.96. The standard InChI is InChI=1S/C18H27N3O2.ClH/c1-3-21(4-2)18(23)14-10-8-13(9-11-14)17(22)20-16-7-5-6-15(16)12-19;/h8-11,15-16H,3-7,12,19H2,1-2H3,(H,20,22);1H. The number of nitrogens with two attached hydrogens (primary N) is 1. The first-order chi connectivity index (χ1) is 11.1. The molecule has 1 aliphatic carbocycles. The van der Waals surface area contributed by atoms with Gasteiger partial charge in [0.25, 0.3) is 11.8 Å². The smallest absolute Gasteiger partial charge is 0.253 e. The molecule has 5 nitrogen and oxygen atoms in total. The highest BCUT2D eigenvalue weighted by atomic mass is 35.5. The highest BCUT2D eigenvalue weighted by Crippen LogP contribution is 2.24. The quantitative estimate of drug-likeness (QED) is 0.824. The number of nitrogens with one attached hydrogen (secondary N) is 1. The number of amides is 2. The van der Waals surface area contributed by atoms with Crippen LogP contribution in [0.4, 0.5) is 0 Å². The van der Waals surface area contributed by atoms with Crippen LogP contribution in [-0.2, 0) is 0 Å². The van der Waals surface area contributed by atoms with Crippen molar-refractivity contribution in [3.8, 4) is 0 Å². The first-order valence-corrected chi connectivity index (χ1v) is 8.50. The molecule has 6 heteroatoms. The van der Waals surface area contributed by atoms with Gasteiger partial charge in [-0.3, -0.25) is 9.59 Å². The zero-order valence-corrected chi connectivity index (χ0v) is 15.3. The second-order valence-electron chi connectivity index (χ2n) is 6.06. The topological polar surface area (TPSA) is 75.4 Å². The summed E-state index contributed by atoms with van der Waals surface area (Å²) >= 11 is 0. The molecule has 2 unspecified atom stereocenters. The van der Waals surface area contributed by atoms with Gasteiger partial charge in [0.1, 0.15) is 0 Å². The summed E-state index contributed by atoms with van der Waals surface area (Å²) in [6.45, 7) is 5.89. The van der Waals surface area contributed by atoms with Crippen LogP contribution >= 0.6 is 12.4 Å². The van der Waals surface area contributed by atoms with Crippen molar-refractivity contribution in [3.63, 3.8) is 0 Å². The first-order valence-electron chi connectivity index (χ1n) is 8.50. The van der Waals surface area contributed by atoms with Crippen LogP contribution < -0.4 is 11.1 Å². The molecule has 0 aliphatic heterocycles. The first kappa shape index (κ1) is 20.5. The largest absolute Gasteiger partial charge is 0.349 e. The number of rotatable bonds is 6. The van der Waals surface area contributed by atoms with Crippen molar-refractivity contribution in [3.05, 3.63) is 35.4 Å². The average Bonchev–Trinajstić information content (AvgIpc) is 3.03. The lowest BCUT2D eigenvalue weighted by atomic mass is 10.0. The SMILES string of the molecule is CCN(CC)C(=O)c1ccc(C(=O)NC2CCCC2CN)cc1.Cl. The number of carbonyl (C=O) groups excluding carboxylic acids is 2. The fourth-order valence-electron chi connectivity index (χ4n) is 3.22. The Bertz CT molecular complexity index is 544. The van der Waals surface area contributed by atoms with Gasteiger partial charge >= 0.3 is 0 Å². The van der Waals surface area contributed by atoms with E-state index in [1.165, 1.54) is 0 Å². The van der Waals surface area contributed by atoms with E-state index in [1.54, 1.807) is 29.2 Å². The zero-order valence-electron chi connectivity index (χ0n) is 14.5. The molecule has 0 bridgehead atoms. The molecule has 1 saturated carbocycles. The third-order valence-electron chi connectivity index (χ3n) is 4.72. The van der Waals surface area contributed by atoms with Crippen LogP contribution in [0.5, 0.6) is 0 Å². The molecule has 2 amide bonds. The third kappa shape index (κ3) is 4.71. The van der Waals surface area contributed by atoms with Gasteiger partial charge in [0, 0.05) is 30.3 Å². The van der Waals surface area contributed by atoms with E-state index in [4.69, 9.17) is 5.73 Å². The molecule has 0 saturated heterocycles. The normalized spacial score (nSPS) is 19.5. The molecule has 1 aliphatic rings. The van der Waals surface area contributed by atoms with Gasteiger partial charge < -0.3 is 16.0 Å². The predicted octanol–water partition coefficient (Wildman–Crippen LogP) is 2.45. The van der Waals surface area contributed by atoms with E-state index in [9.17, 15) is 9.59 Å². The van der Waals surface area contributed by atoms with Crippen LogP contribution in [-0.4, -0.2) is 42.4 Å². The number of benzene rings is 1. The van der Waals surface area contributed by atoms with E-state index in [0.717, 1.165) is 19.3 Å². The maximum Gasteiger partial charge on any atom is 0.253 e. The van der Waals surface area contributed by atoms with Crippen LogP contribution in [0.15, 0.2) is 24.3 Å². The van der Waals surface area contributed by atoms with Crippen molar-refractivity contribution in [2.75, 3.05) is 19.6 Å². The molecule has 1 fully saturated rings. The van der Waals surface area contributed by atoms with Crippen molar-refractivity contribution < 1.29 is 9.59 Å². The Morgan fingerprint density at radius 1 is 1.12 bits per heavy atom. The van der Waals surface area contributed by atoms with Gasteiger partial charge in [-0.05, 0) is 63.4 Å². The molecule has 1 aromatic rings. The minimum atomic E-state index is -0.0859. The summed E-state index contributed by atoms with van der Waals surface area (Å²) < 4.78 is 0. The number of hydrogen-bond donors (Lipinski definition) is 2. The van der Waals surface area contributed by atoms with Gasteiger partial charge in [0.15, 0.2) is 0 Å². The zero-order chi connectivity index (χ0) is 16.8. The van der Waals surface area contributed by atoms with E-state index in [2.05, 4.69) is 5.32 Å². The molecule has 0 heterocycles. The van der Waals surface area contributed by atoms with Crippen LogP contribution in [0, 0.1) is 5.92 Å². The van der Waals surface area contributed by atoms with Crippen LogP contribution in [0.3, 0.4) is 0 Å². The molecule has 24 heavy (non-hydrogen) atoms. The average molecular weight is 354 g/mol. The van der Waals surface area contributed by atoms with Crippen molar-refractivity contribution in [2.24, 2.45) is 11.7 Å². The second kappa shape index (κ2) is 9.64. The summed E-state index contributed by atoms with van der Waals surface area (Å²) in [4.78, 5) is 26.4. The van der Waals surface area contributed by atoms with Gasteiger partial charge in [-0.1, -0.05) is 6.42 Å². The minimum absolute atomic E-state index is 0. The molecule has 0 spiro atoms. The Kier molecular flexibility index (Phi) is 8.22. The number of nitrogens with zero attached hydrogens (tertiary/aromatic N) is 1. The fourth-order valence-corrected chi connectivity index (χ4v) is 3.22. The van der Waals surface area contributed by atoms with E-state index >= 15 is 0 Å². The van der Waals surface area contributed by atoms with Crippen LogP contribution in [0.25, 0.3) is 0 Å². The van der Waals surface area contributed by atoms with E-state index in [1.807, 2.05) is 13.8 Å². The summed E-state index contributed by atoms with van der Waals surface area (Å²) in [5, 5.41) is 3.08. The van der Waals surface area contributed by atoms with Crippen molar-refractivity contribution in [2.45, 2.75) is 39.2 Å². The highest BCUT2D eigenvalue weighted by molar-refractivity contribution is 5.97. The summed E-state index contributed by atoms with van der Waals surface area (Å²) in [6, 6.07) is 7.07. The molecule has 2 atom stereocenters. The lowest BCUT2D eigenvalue weighted by Gasteiger charge is -2.20. The summed E-state index contributed by atoms with van der Waals surface area (Å²) in [7, 11) is 0. The van der Waals surface area contributed by atoms with Gasteiger partial charge in [0.05, 0.1) is 0 Å². The lowest BCUT2D eigenvalue weighted by Crippen LogP contribution is -2.39. The molecule has 0 radical (unpaired) electrons. The second-order valence-corrected chi connectivity index (χ2v) is 6.06. The summed E-state index contributed by atoms with van der Waals surface area (Å²) in [6.07, 6.45) is 3.19. The Hall–Kier alpha value is -1.59. The molecule has 0 aromatic heterocycles. The van der Waals surface area contributed by atoms with Crippen molar-refractivity contribution in [1.82, 2.24) is 10.2 Å². The lowest BCUT2D eigenvalue weighted by molar-refractivity contribution is 0.0772. The van der Waals surface area contributed by atoms with Crippen molar-refractivity contribution >= 4 is 24.2 Å². The Balaban J connectivity index is 0.00000288. The number of halogens is 1. The maximum absolute atomic E-state index is 12.3. The van der Waals surface area contributed by atoms with Crippen molar-refractivity contribution in [1.29, 1.82) is 0 Å². The van der Waals surface area contributed by atoms with Crippen LogP contribution in [0.2, 0.25) is 0 Å². The Morgan fingerprint density at radius 3 is 2.25 bits per heavy atom. The summed E-state index contributed by atoms with van der Waals surface area (Å²) in [5.74, 6) is 0.292. The molecular formula is C18H28ClN3O2. The van der Waals surface area contributed by atoms with E-state index in [0.29, 0.717) is 36.7 Å². The predicted molar refractivity (Wildman–Crippen MR) is 98.6 cm³/mol. The highest BCUT2D eigenvalue weighted by Gasteiger charge is 2.27. The maximum atomic E-state index is 12.3. The number of hydrogen-bond acceptors (Lipinski definition) is 3. The molecule has 2 rings (SSSR count). The van der Waals surface area contributed by atoms with Gasteiger partial charge in [-0.25, -0.2) is 0 Å². The van der Waals surface area contributed by atoms with Gasteiger partial charge in [0.2, 0.25) is 0 Å². The van der Waals surface area contributed by atoms with E-state index in [-0.39, 0.29) is 30.3 Å². The van der Waals surface area contributed by atoms with Gasteiger partial charge in [-0.2, -0.15) is 0 Å².